The topological polar surface area (TPSA) is 63.1 Å². The SMILES string of the molecule is [B]c1cccc(Nc2ncc(C(=O)N3CCCCC3)c3c2ncn3C)c1. The first-order valence-corrected chi connectivity index (χ1v) is 8.85. The third-order valence-electron chi connectivity index (χ3n) is 4.76. The number of likely N-dealkylation sites (tertiary alicyclic amines) is 1. The molecule has 1 N–H and O–H groups in total. The average Bonchev–Trinajstić information content (AvgIpc) is 3.05. The summed E-state index contributed by atoms with van der Waals surface area (Å²) in [7, 11) is 7.74. The Labute approximate surface area is 153 Å². The van der Waals surface area contributed by atoms with Crippen LogP contribution >= 0.6 is 0 Å². The summed E-state index contributed by atoms with van der Waals surface area (Å²) in [6, 6.07) is 7.46. The van der Waals surface area contributed by atoms with E-state index in [1.807, 2.05) is 40.8 Å². The van der Waals surface area contributed by atoms with Gasteiger partial charge < -0.3 is 14.8 Å². The summed E-state index contributed by atoms with van der Waals surface area (Å²) in [5, 5.41) is 3.25. The number of aromatic nitrogens is 3. The molecule has 0 spiro atoms. The lowest BCUT2D eigenvalue weighted by Gasteiger charge is -2.27. The van der Waals surface area contributed by atoms with Crippen molar-refractivity contribution in [1.82, 2.24) is 19.4 Å². The number of rotatable bonds is 3. The lowest BCUT2D eigenvalue weighted by atomic mass is 9.96. The van der Waals surface area contributed by atoms with E-state index < -0.39 is 0 Å². The van der Waals surface area contributed by atoms with Crippen LogP contribution in [-0.4, -0.2) is 46.3 Å². The number of amides is 1. The average molecular weight is 345 g/mol. The van der Waals surface area contributed by atoms with Gasteiger partial charge in [0, 0.05) is 32.0 Å². The molecular weight excluding hydrogens is 325 g/mol. The molecule has 1 aliphatic heterocycles. The maximum Gasteiger partial charge on any atom is 0.257 e. The Bertz CT molecular complexity index is 962. The van der Waals surface area contributed by atoms with Crippen molar-refractivity contribution in [3.05, 3.63) is 42.4 Å². The Morgan fingerprint density at radius 2 is 2.00 bits per heavy atom. The second-order valence-corrected chi connectivity index (χ2v) is 6.68. The fourth-order valence-electron chi connectivity index (χ4n) is 3.44. The third kappa shape index (κ3) is 3.05. The van der Waals surface area contributed by atoms with Crippen LogP contribution in [0.5, 0.6) is 0 Å². The molecule has 2 radical (unpaired) electrons. The zero-order valence-electron chi connectivity index (χ0n) is 14.8. The molecular formula is C19H20BN5O. The van der Waals surface area contributed by atoms with E-state index >= 15 is 0 Å². The lowest BCUT2D eigenvalue weighted by molar-refractivity contribution is 0.0725. The summed E-state index contributed by atoms with van der Waals surface area (Å²) in [5.41, 5.74) is 3.57. The molecule has 3 aromatic rings. The maximum absolute atomic E-state index is 13.0. The van der Waals surface area contributed by atoms with Crippen molar-refractivity contribution in [2.24, 2.45) is 7.05 Å². The van der Waals surface area contributed by atoms with Gasteiger partial charge in [-0.05, 0) is 31.4 Å². The molecule has 0 aliphatic carbocycles. The molecule has 4 rings (SSSR count). The molecule has 0 atom stereocenters. The molecule has 6 nitrogen and oxygen atoms in total. The summed E-state index contributed by atoms with van der Waals surface area (Å²) in [6.45, 7) is 1.61. The monoisotopic (exact) mass is 345 g/mol. The fraction of sp³-hybridized carbons (Fsp3) is 0.316. The summed E-state index contributed by atoms with van der Waals surface area (Å²) in [5.74, 6) is 0.641. The van der Waals surface area contributed by atoms with E-state index in [1.165, 1.54) is 6.42 Å². The van der Waals surface area contributed by atoms with Crippen molar-refractivity contribution in [2.45, 2.75) is 19.3 Å². The zero-order valence-corrected chi connectivity index (χ0v) is 14.8. The number of nitrogens with one attached hydrogen (secondary N) is 1. The van der Waals surface area contributed by atoms with Gasteiger partial charge in [0.2, 0.25) is 0 Å². The molecule has 0 bridgehead atoms. The van der Waals surface area contributed by atoms with Gasteiger partial charge in [-0.2, -0.15) is 0 Å². The van der Waals surface area contributed by atoms with Gasteiger partial charge in [-0.25, -0.2) is 9.97 Å². The number of benzene rings is 1. The van der Waals surface area contributed by atoms with Crippen LogP contribution in [0.25, 0.3) is 11.0 Å². The number of hydrogen-bond acceptors (Lipinski definition) is 4. The first-order chi connectivity index (χ1) is 12.6. The number of aryl methyl sites for hydroxylation is 1. The Morgan fingerprint density at radius 3 is 2.77 bits per heavy atom. The quantitative estimate of drug-likeness (QED) is 0.739. The molecule has 0 saturated carbocycles. The third-order valence-corrected chi connectivity index (χ3v) is 4.76. The number of fused-ring (bicyclic) bond motifs is 1. The van der Waals surface area contributed by atoms with Crippen LogP contribution in [0.3, 0.4) is 0 Å². The minimum absolute atomic E-state index is 0.0290. The van der Waals surface area contributed by atoms with Crippen LogP contribution in [0.4, 0.5) is 11.5 Å². The summed E-state index contributed by atoms with van der Waals surface area (Å²) >= 11 is 0. The first-order valence-electron chi connectivity index (χ1n) is 8.85. The van der Waals surface area contributed by atoms with Crippen LogP contribution in [0, 0.1) is 0 Å². The number of hydrogen-bond donors (Lipinski definition) is 1. The van der Waals surface area contributed by atoms with Crippen molar-refractivity contribution < 1.29 is 4.79 Å². The van der Waals surface area contributed by atoms with Crippen molar-refractivity contribution in [2.75, 3.05) is 18.4 Å². The second-order valence-electron chi connectivity index (χ2n) is 6.68. The van der Waals surface area contributed by atoms with E-state index in [0.717, 1.165) is 37.1 Å². The van der Waals surface area contributed by atoms with E-state index in [9.17, 15) is 4.79 Å². The second kappa shape index (κ2) is 6.82. The van der Waals surface area contributed by atoms with Crippen LogP contribution in [-0.2, 0) is 7.05 Å². The highest BCUT2D eigenvalue weighted by atomic mass is 16.2. The number of carbonyl (C=O) groups excluding carboxylic acids is 1. The van der Waals surface area contributed by atoms with E-state index in [4.69, 9.17) is 7.85 Å². The van der Waals surface area contributed by atoms with E-state index in [1.54, 1.807) is 12.5 Å². The molecule has 1 amide bonds. The van der Waals surface area contributed by atoms with Crippen molar-refractivity contribution in [3.63, 3.8) is 0 Å². The number of carbonyl (C=O) groups is 1. The van der Waals surface area contributed by atoms with E-state index in [2.05, 4.69) is 15.3 Å². The smallest absolute Gasteiger partial charge is 0.257 e. The molecule has 1 saturated heterocycles. The molecule has 0 unspecified atom stereocenters. The minimum atomic E-state index is 0.0290. The molecule has 3 heterocycles. The maximum atomic E-state index is 13.0. The predicted molar refractivity (Wildman–Crippen MR) is 103 cm³/mol. The van der Waals surface area contributed by atoms with Crippen LogP contribution in [0.15, 0.2) is 36.8 Å². The lowest BCUT2D eigenvalue weighted by Crippen LogP contribution is -2.35. The number of nitrogens with zero attached hydrogens (tertiary/aromatic N) is 4. The molecule has 26 heavy (non-hydrogen) atoms. The standard InChI is InChI=1S/C19H20BN5O/c1-24-12-22-16-17(24)15(19(26)25-8-3-2-4-9-25)11-21-18(16)23-14-7-5-6-13(20)10-14/h5-7,10-12H,2-4,8-9H2,1H3,(H,21,23). The normalized spacial score (nSPS) is 14.6. The number of pyridine rings is 1. The highest BCUT2D eigenvalue weighted by Crippen LogP contribution is 2.27. The summed E-state index contributed by atoms with van der Waals surface area (Å²) in [4.78, 5) is 23.8. The van der Waals surface area contributed by atoms with Crippen LogP contribution in [0.2, 0.25) is 0 Å². The number of imidazole rings is 1. The Morgan fingerprint density at radius 1 is 1.19 bits per heavy atom. The van der Waals surface area contributed by atoms with Crippen molar-refractivity contribution >= 4 is 41.8 Å². The number of anilines is 2. The first kappa shape index (κ1) is 16.6. The van der Waals surface area contributed by atoms with E-state index in [-0.39, 0.29) is 5.91 Å². The molecule has 1 aromatic carbocycles. The van der Waals surface area contributed by atoms with Gasteiger partial charge in [0.1, 0.15) is 13.4 Å². The molecule has 1 aliphatic rings. The van der Waals surface area contributed by atoms with Gasteiger partial charge in [-0.15, -0.1) is 0 Å². The molecule has 130 valence electrons. The van der Waals surface area contributed by atoms with Crippen molar-refractivity contribution in [1.29, 1.82) is 0 Å². The van der Waals surface area contributed by atoms with Gasteiger partial charge >= 0.3 is 0 Å². The van der Waals surface area contributed by atoms with Gasteiger partial charge in [-0.1, -0.05) is 17.6 Å². The Kier molecular flexibility index (Phi) is 4.36. The number of piperidine rings is 1. The molecule has 1 fully saturated rings. The zero-order chi connectivity index (χ0) is 18.1. The van der Waals surface area contributed by atoms with E-state index in [0.29, 0.717) is 22.4 Å². The summed E-state index contributed by atoms with van der Waals surface area (Å²) < 4.78 is 1.87. The highest BCUT2D eigenvalue weighted by Gasteiger charge is 2.23. The van der Waals surface area contributed by atoms with Gasteiger partial charge in [0.05, 0.1) is 17.4 Å². The van der Waals surface area contributed by atoms with Gasteiger partial charge in [0.15, 0.2) is 5.82 Å². The highest BCUT2D eigenvalue weighted by molar-refractivity contribution is 6.32. The fourth-order valence-corrected chi connectivity index (χ4v) is 3.44. The van der Waals surface area contributed by atoms with Crippen molar-refractivity contribution in [3.8, 4) is 0 Å². The molecule has 7 heteroatoms. The van der Waals surface area contributed by atoms with Crippen LogP contribution < -0.4 is 10.8 Å². The minimum Gasteiger partial charge on any atom is -0.339 e. The summed E-state index contributed by atoms with van der Waals surface area (Å²) in [6.07, 6.45) is 6.66. The Balaban J connectivity index is 1.73. The Hall–Kier alpha value is -2.83. The van der Waals surface area contributed by atoms with Gasteiger partial charge in [0.25, 0.3) is 5.91 Å². The predicted octanol–water partition coefficient (Wildman–Crippen LogP) is 2.13. The largest absolute Gasteiger partial charge is 0.339 e. The van der Waals surface area contributed by atoms with Crippen LogP contribution in [0.1, 0.15) is 29.6 Å². The van der Waals surface area contributed by atoms with Gasteiger partial charge in [-0.3, -0.25) is 4.79 Å². The molecule has 2 aromatic heterocycles.